The van der Waals surface area contributed by atoms with E-state index in [4.69, 9.17) is 4.74 Å². The standard InChI is InChI=1S/C18H12BrFN2O4/c1-26-15-7-6-10(9-12(15)19)8-11-16(23)21-18(25)22(17(11)24)14-5-3-2-4-13(14)20/h2-9H,1H3,(H,21,23,25)/b11-8+. The highest BCUT2D eigenvalue weighted by atomic mass is 79.9. The number of imide groups is 2. The van der Waals surface area contributed by atoms with Gasteiger partial charge in [-0.05, 0) is 51.8 Å². The van der Waals surface area contributed by atoms with Gasteiger partial charge >= 0.3 is 6.03 Å². The van der Waals surface area contributed by atoms with Gasteiger partial charge in [0.05, 0.1) is 17.3 Å². The number of nitrogens with one attached hydrogen (secondary N) is 1. The number of halogens is 2. The molecule has 4 amide bonds. The molecule has 1 aliphatic rings. The van der Waals surface area contributed by atoms with Crippen LogP contribution in [0.5, 0.6) is 5.75 Å². The summed E-state index contributed by atoms with van der Waals surface area (Å²) in [7, 11) is 1.51. The van der Waals surface area contributed by atoms with E-state index in [9.17, 15) is 18.8 Å². The van der Waals surface area contributed by atoms with Crippen LogP contribution in [0.3, 0.4) is 0 Å². The molecule has 0 aliphatic carbocycles. The SMILES string of the molecule is COc1ccc(/C=C2\C(=O)NC(=O)N(c3ccccc3F)C2=O)cc1Br. The molecule has 8 heteroatoms. The largest absolute Gasteiger partial charge is 0.496 e. The summed E-state index contributed by atoms with van der Waals surface area (Å²) < 4.78 is 19.8. The number of amides is 4. The highest BCUT2D eigenvalue weighted by molar-refractivity contribution is 9.10. The van der Waals surface area contributed by atoms with Crippen molar-refractivity contribution < 1.29 is 23.5 Å². The Bertz CT molecular complexity index is 958. The van der Waals surface area contributed by atoms with Crippen molar-refractivity contribution in [2.45, 2.75) is 0 Å². The summed E-state index contributed by atoms with van der Waals surface area (Å²) in [4.78, 5) is 37.5. The van der Waals surface area contributed by atoms with Gasteiger partial charge in [-0.1, -0.05) is 18.2 Å². The van der Waals surface area contributed by atoms with Crippen molar-refractivity contribution >= 4 is 45.5 Å². The van der Waals surface area contributed by atoms with Crippen LogP contribution < -0.4 is 15.0 Å². The van der Waals surface area contributed by atoms with Crippen molar-refractivity contribution in [3.63, 3.8) is 0 Å². The van der Waals surface area contributed by atoms with Crippen LogP contribution in [0.25, 0.3) is 6.08 Å². The highest BCUT2D eigenvalue weighted by Crippen LogP contribution is 2.28. The molecular formula is C18H12BrFN2O4. The van der Waals surface area contributed by atoms with E-state index in [1.54, 1.807) is 18.2 Å². The Morgan fingerprint density at radius 1 is 1.15 bits per heavy atom. The monoisotopic (exact) mass is 418 g/mol. The summed E-state index contributed by atoms with van der Waals surface area (Å²) in [5.74, 6) is -1.93. The van der Waals surface area contributed by atoms with Crippen molar-refractivity contribution in [2.24, 2.45) is 0 Å². The molecule has 1 saturated heterocycles. The molecule has 0 radical (unpaired) electrons. The lowest BCUT2D eigenvalue weighted by Gasteiger charge is -2.26. The fourth-order valence-corrected chi connectivity index (χ4v) is 3.01. The molecule has 132 valence electrons. The van der Waals surface area contributed by atoms with Gasteiger partial charge in [0.15, 0.2) is 0 Å². The average Bonchev–Trinajstić information content (AvgIpc) is 2.60. The molecule has 26 heavy (non-hydrogen) atoms. The summed E-state index contributed by atoms with van der Waals surface area (Å²) in [6, 6.07) is 9.26. The predicted molar refractivity (Wildman–Crippen MR) is 96.1 cm³/mol. The van der Waals surface area contributed by atoms with Crippen molar-refractivity contribution in [2.75, 3.05) is 12.0 Å². The maximum atomic E-state index is 14.0. The molecule has 0 saturated carbocycles. The van der Waals surface area contributed by atoms with Gasteiger partial charge in [-0.15, -0.1) is 0 Å². The van der Waals surface area contributed by atoms with E-state index < -0.39 is 23.7 Å². The number of hydrogen-bond donors (Lipinski definition) is 1. The van der Waals surface area contributed by atoms with Crippen molar-refractivity contribution in [1.29, 1.82) is 0 Å². The number of urea groups is 1. The summed E-state index contributed by atoms with van der Waals surface area (Å²) >= 11 is 3.32. The number of methoxy groups -OCH3 is 1. The van der Waals surface area contributed by atoms with Gasteiger partial charge in [0.25, 0.3) is 11.8 Å². The molecule has 1 N–H and O–H groups in total. The number of barbiturate groups is 1. The molecule has 0 spiro atoms. The molecule has 6 nitrogen and oxygen atoms in total. The van der Waals surface area contributed by atoms with Crippen LogP contribution in [-0.2, 0) is 9.59 Å². The number of carbonyl (C=O) groups is 3. The second-order valence-corrected chi connectivity index (χ2v) is 6.16. The Kier molecular flexibility index (Phi) is 4.85. The third-order valence-corrected chi connectivity index (χ3v) is 4.30. The van der Waals surface area contributed by atoms with Crippen LogP contribution in [-0.4, -0.2) is 25.0 Å². The van der Waals surface area contributed by atoms with Gasteiger partial charge in [0, 0.05) is 0 Å². The molecular weight excluding hydrogens is 407 g/mol. The molecule has 0 unspecified atom stereocenters. The summed E-state index contributed by atoms with van der Waals surface area (Å²) in [5.41, 5.74) is 0.00763. The smallest absolute Gasteiger partial charge is 0.336 e. The van der Waals surface area contributed by atoms with E-state index in [-0.39, 0.29) is 11.3 Å². The number of rotatable bonds is 3. The first kappa shape index (κ1) is 17.8. The van der Waals surface area contributed by atoms with Crippen LogP contribution in [0.15, 0.2) is 52.5 Å². The molecule has 0 bridgehead atoms. The zero-order chi connectivity index (χ0) is 18.8. The van der Waals surface area contributed by atoms with Gasteiger partial charge in [-0.2, -0.15) is 0 Å². The van der Waals surface area contributed by atoms with Gasteiger partial charge in [-0.3, -0.25) is 14.9 Å². The fraction of sp³-hybridized carbons (Fsp3) is 0.0556. The third kappa shape index (κ3) is 3.23. The van der Waals surface area contributed by atoms with E-state index in [1.807, 2.05) is 5.32 Å². The van der Waals surface area contributed by atoms with Crippen LogP contribution in [0.4, 0.5) is 14.9 Å². The van der Waals surface area contributed by atoms with Gasteiger partial charge in [-0.25, -0.2) is 14.1 Å². The Morgan fingerprint density at radius 3 is 2.54 bits per heavy atom. The Morgan fingerprint density at radius 2 is 1.88 bits per heavy atom. The zero-order valence-electron chi connectivity index (χ0n) is 13.5. The molecule has 1 heterocycles. The molecule has 2 aromatic rings. The van der Waals surface area contributed by atoms with Gasteiger partial charge in [0.1, 0.15) is 17.1 Å². The maximum absolute atomic E-state index is 14.0. The van der Waals surface area contributed by atoms with E-state index >= 15 is 0 Å². The fourth-order valence-electron chi connectivity index (χ4n) is 2.45. The number of carbonyl (C=O) groups excluding carboxylic acids is 3. The maximum Gasteiger partial charge on any atom is 0.336 e. The lowest BCUT2D eigenvalue weighted by Crippen LogP contribution is -2.54. The first-order chi connectivity index (χ1) is 12.4. The molecule has 0 aromatic heterocycles. The number of nitrogens with zero attached hydrogens (tertiary/aromatic N) is 1. The van der Waals surface area contributed by atoms with E-state index in [2.05, 4.69) is 15.9 Å². The first-order valence-electron chi connectivity index (χ1n) is 7.42. The lowest BCUT2D eigenvalue weighted by molar-refractivity contribution is -0.122. The summed E-state index contributed by atoms with van der Waals surface area (Å²) in [6.45, 7) is 0. The van der Waals surface area contributed by atoms with Gasteiger partial charge in [0.2, 0.25) is 0 Å². The Labute approximate surface area is 156 Å². The van der Waals surface area contributed by atoms with Crippen molar-refractivity contribution in [3.05, 3.63) is 63.9 Å². The van der Waals surface area contributed by atoms with Crippen LogP contribution in [0, 0.1) is 5.82 Å². The number of ether oxygens (including phenoxy) is 1. The lowest BCUT2D eigenvalue weighted by atomic mass is 10.1. The first-order valence-corrected chi connectivity index (χ1v) is 8.21. The quantitative estimate of drug-likeness (QED) is 0.612. The number of anilines is 1. The molecule has 2 aromatic carbocycles. The third-order valence-electron chi connectivity index (χ3n) is 3.68. The van der Waals surface area contributed by atoms with Crippen molar-refractivity contribution in [1.82, 2.24) is 5.32 Å². The Balaban J connectivity index is 2.03. The summed E-state index contributed by atoms with van der Waals surface area (Å²) in [6.07, 6.45) is 1.32. The van der Waals surface area contributed by atoms with Crippen molar-refractivity contribution in [3.8, 4) is 5.75 Å². The minimum atomic E-state index is -1.00. The topological polar surface area (TPSA) is 75.7 Å². The van der Waals surface area contributed by atoms with Crippen LogP contribution >= 0.6 is 15.9 Å². The van der Waals surface area contributed by atoms with Gasteiger partial charge < -0.3 is 4.74 Å². The van der Waals surface area contributed by atoms with E-state index in [1.165, 1.54) is 31.4 Å². The average molecular weight is 419 g/mol. The second kappa shape index (κ2) is 7.09. The molecule has 0 atom stereocenters. The normalized spacial score (nSPS) is 16.0. The zero-order valence-corrected chi connectivity index (χ0v) is 15.0. The highest BCUT2D eigenvalue weighted by Gasteiger charge is 2.37. The number of hydrogen-bond acceptors (Lipinski definition) is 4. The summed E-state index contributed by atoms with van der Waals surface area (Å²) in [5, 5.41) is 2.05. The van der Waals surface area contributed by atoms with E-state index in [0.29, 0.717) is 20.7 Å². The Hall–Kier alpha value is -3.00. The van der Waals surface area contributed by atoms with Crippen LogP contribution in [0.2, 0.25) is 0 Å². The molecule has 1 aliphatic heterocycles. The number of para-hydroxylation sites is 1. The molecule has 3 rings (SSSR count). The molecule has 1 fully saturated rings. The number of benzene rings is 2. The minimum Gasteiger partial charge on any atom is -0.496 e. The predicted octanol–water partition coefficient (Wildman–Crippen LogP) is 3.26. The minimum absolute atomic E-state index is 0.232. The second-order valence-electron chi connectivity index (χ2n) is 5.30. The van der Waals surface area contributed by atoms with E-state index in [0.717, 1.165) is 6.07 Å². The van der Waals surface area contributed by atoms with Crippen LogP contribution in [0.1, 0.15) is 5.56 Å².